The second-order valence-corrected chi connectivity index (χ2v) is 10.2. The van der Waals surface area contributed by atoms with Gasteiger partial charge in [-0.3, -0.25) is 4.79 Å². The molecule has 0 aliphatic heterocycles. The molecule has 1 aliphatic carbocycles. The fourth-order valence-electron chi connectivity index (χ4n) is 4.43. The predicted molar refractivity (Wildman–Crippen MR) is 104 cm³/mol. The van der Waals surface area contributed by atoms with Crippen LogP contribution in [0, 0.1) is 22.2 Å². The maximum absolute atomic E-state index is 12.4. The van der Waals surface area contributed by atoms with Crippen LogP contribution in [-0.2, 0) is 9.59 Å². The molecule has 1 saturated carbocycles. The average Bonchev–Trinajstić information content (AvgIpc) is 2.46. The van der Waals surface area contributed by atoms with E-state index in [1.54, 1.807) is 6.08 Å². The first-order chi connectivity index (χ1) is 12.3. The van der Waals surface area contributed by atoms with Crippen molar-refractivity contribution in [1.82, 2.24) is 10.6 Å². The van der Waals surface area contributed by atoms with E-state index in [-0.39, 0.29) is 40.7 Å². The highest BCUT2D eigenvalue weighted by Crippen LogP contribution is 2.46. The zero-order chi connectivity index (χ0) is 20.9. The van der Waals surface area contributed by atoms with Crippen LogP contribution in [0.1, 0.15) is 67.2 Å². The third-order valence-corrected chi connectivity index (χ3v) is 5.46. The molecule has 2 amide bonds. The highest BCUT2D eigenvalue weighted by Gasteiger charge is 2.41. The van der Waals surface area contributed by atoms with Crippen LogP contribution in [0.25, 0.3) is 0 Å². The van der Waals surface area contributed by atoms with Gasteiger partial charge in [-0.15, -0.1) is 0 Å². The number of carboxylic acids is 1. The van der Waals surface area contributed by atoms with Gasteiger partial charge in [0, 0.05) is 12.6 Å². The summed E-state index contributed by atoms with van der Waals surface area (Å²) >= 11 is 0. The van der Waals surface area contributed by atoms with Crippen molar-refractivity contribution in [2.45, 2.75) is 73.3 Å². The van der Waals surface area contributed by atoms with Crippen molar-refractivity contribution in [1.29, 1.82) is 0 Å². The third-order valence-electron chi connectivity index (χ3n) is 5.46. The summed E-state index contributed by atoms with van der Waals surface area (Å²) in [4.78, 5) is 37.8. The first-order valence-electron chi connectivity index (χ1n) is 9.56. The van der Waals surface area contributed by atoms with E-state index in [2.05, 4.69) is 36.4 Å². The molecular weight excluding hydrogens is 346 g/mol. The predicted octanol–water partition coefficient (Wildman–Crippen LogP) is 3.34. The molecule has 0 heterocycles. The van der Waals surface area contributed by atoms with Gasteiger partial charge in [0.1, 0.15) is 0 Å². The molecule has 1 fully saturated rings. The van der Waals surface area contributed by atoms with Crippen LogP contribution < -0.4 is 10.6 Å². The minimum absolute atomic E-state index is 0.0159. The van der Waals surface area contributed by atoms with E-state index in [0.717, 1.165) is 19.3 Å². The van der Waals surface area contributed by atoms with Crippen molar-refractivity contribution in [3.63, 3.8) is 0 Å². The van der Waals surface area contributed by atoms with Gasteiger partial charge in [-0.05, 0) is 41.4 Å². The summed E-state index contributed by atoms with van der Waals surface area (Å²) in [6.45, 7) is 13.0. The number of urea groups is 1. The normalized spacial score (nSPS) is 25.8. The SMILES string of the molecule is CC1(C)CC(NC(=O)NCC(CC(=O)O)C(C)(C)C)CC(C)(CN=C=O)C1. The Morgan fingerprint density at radius 1 is 1.26 bits per heavy atom. The molecule has 3 unspecified atom stereocenters. The lowest BCUT2D eigenvalue weighted by Crippen LogP contribution is -2.51. The molecule has 0 aromatic heterocycles. The van der Waals surface area contributed by atoms with Crippen molar-refractivity contribution in [3.05, 3.63) is 0 Å². The second-order valence-electron chi connectivity index (χ2n) is 10.2. The smallest absolute Gasteiger partial charge is 0.315 e. The first kappa shape index (κ1) is 23.2. The van der Waals surface area contributed by atoms with Gasteiger partial charge in [-0.2, -0.15) is 0 Å². The van der Waals surface area contributed by atoms with Gasteiger partial charge in [-0.1, -0.05) is 41.5 Å². The van der Waals surface area contributed by atoms with Gasteiger partial charge >= 0.3 is 12.0 Å². The van der Waals surface area contributed by atoms with Crippen LogP contribution >= 0.6 is 0 Å². The van der Waals surface area contributed by atoms with Crippen LogP contribution in [0.4, 0.5) is 4.79 Å². The zero-order valence-electron chi connectivity index (χ0n) is 17.5. The van der Waals surface area contributed by atoms with E-state index in [0.29, 0.717) is 13.1 Å². The second kappa shape index (κ2) is 8.87. The molecule has 1 rings (SSSR count). The number of hydrogen-bond donors (Lipinski definition) is 3. The zero-order valence-corrected chi connectivity index (χ0v) is 17.5. The van der Waals surface area contributed by atoms with E-state index in [1.165, 1.54) is 0 Å². The van der Waals surface area contributed by atoms with Gasteiger partial charge in [0.25, 0.3) is 0 Å². The molecule has 0 spiro atoms. The van der Waals surface area contributed by atoms with Crippen LogP contribution in [0.5, 0.6) is 0 Å². The Bertz CT molecular complexity index is 591. The Hall–Kier alpha value is -1.88. The fourth-order valence-corrected chi connectivity index (χ4v) is 4.43. The summed E-state index contributed by atoms with van der Waals surface area (Å²) in [5.74, 6) is -1.02. The molecule has 154 valence electrons. The lowest BCUT2D eigenvalue weighted by Gasteiger charge is -2.46. The number of amides is 2. The lowest BCUT2D eigenvalue weighted by molar-refractivity contribution is -0.139. The number of nitrogens with one attached hydrogen (secondary N) is 2. The van der Waals surface area contributed by atoms with Gasteiger partial charge in [0.15, 0.2) is 0 Å². The number of carbonyl (C=O) groups is 2. The number of rotatable bonds is 7. The Labute approximate surface area is 162 Å². The largest absolute Gasteiger partial charge is 0.481 e. The lowest BCUT2D eigenvalue weighted by atomic mass is 9.62. The molecule has 0 saturated heterocycles. The summed E-state index contributed by atoms with van der Waals surface area (Å²) < 4.78 is 0. The van der Waals surface area contributed by atoms with Crippen LogP contribution in [0.3, 0.4) is 0 Å². The molecule has 0 aromatic carbocycles. The van der Waals surface area contributed by atoms with Crippen molar-refractivity contribution in [2.75, 3.05) is 13.1 Å². The molecular formula is C20H35N3O4. The molecule has 0 aromatic rings. The maximum Gasteiger partial charge on any atom is 0.315 e. The minimum Gasteiger partial charge on any atom is -0.481 e. The van der Waals surface area contributed by atoms with Gasteiger partial charge in [0.2, 0.25) is 6.08 Å². The molecule has 27 heavy (non-hydrogen) atoms. The Morgan fingerprint density at radius 2 is 1.89 bits per heavy atom. The number of nitrogens with zero attached hydrogens (tertiary/aromatic N) is 1. The highest BCUT2D eigenvalue weighted by atomic mass is 16.4. The van der Waals surface area contributed by atoms with Crippen molar-refractivity contribution in [3.8, 4) is 0 Å². The van der Waals surface area contributed by atoms with E-state index in [4.69, 9.17) is 5.11 Å². The summed E-state index contributed by atoms with van der Waals surface area (Å²) in [7, 11) is 0. The van der Waals surface area contributed by atoms with Crippen molar-refractivity contribution in [2.24, 2.45) is 27.2 Å². The van der Waals surface area contributed by atoms with Crippen LogP contribution in [0.15, 0.2) is 4.99 Å². The van der Waals surface area contributed by atoms with Gasteiger partial charge < -0.3 is 15.7 Å². The van der Waals surface area contributed by atoms with Crippen molar-refractivity contribution >= 4 is 18.1 Å². The number of carbonyl (C=O) groups excluding carboxylic acids is 2. The van der Waals surface area contributed by atoms with Gasteiger partial charge in [-0.25, -0.2) is 14.6 Å². The quantitative estimate of drug-likeness (QED) is 0.464. The number of aliphatic imine (C=N–C) groups is 1. The Morgan fingerprint density at radius 3 is 2.41 bits per heavy atom. The average molecular weight is 382 g/mol. The van der Waals surface area contributed by atoms with Gasteiger partial charge in [0.05, 0.1) is 13.0 Å². The summed E-state index contributed by atoms with van der Waals surface area (Å²) in [6, 6.07) is -0.299. The molecule has 3 atom stereocenters. The molecule has 1 aliphatic rings. The highest BCUT2D eigenvalue weighted by molar-refractivity contribution is 5.74. The van der Waals surface area contributed by atoms with Crippen LogP contribution in [-0.4, -0.2) is 42.3 Å². The Kier molecular flexibility index (Phi) is 7.61. The Balaban J connectivity index is 2.69. The molecule has 0 bridgehead atoms. The summed E-state index contributed by atoms with van der Waals surface area (Å²) in [6.07, 6.45) is 4.14. The topological polar surface area (TPSA) is 108 Å². The maximum atomic E-state index is 12.4. The van der Waals surface area contributed by atoms with E-state index in [9.17, 15) is 14.4 Å². The molecule has 7 heteroatoms. The number of hydrogen-bond acceptors (Lipinski definition) is 4. The number of carboxylic acid groups (broad SMARTS) is 1. The first-order valence-corrected chi connectivity index (χ1v) is 9.56. The summed E-state index contributed by atoms with van der Waals surface area (Å²) in [5, 5.41) is 15.0. The number of isocyanates is 1. The van der Waals surface area contributed by atoms with E-state index in [1.807, 2.05) is 20.8 Å². The van der Waals surface area contributed by atoms with E-state index < -0.39 is 5.97 Å². The number of aliphatic carboxylic acids is 1. The molecule has 0 radical (unpaired) electrons. The molecule has 7 nitrogen and oxygen atoms in total. The fraction of sp³-hybridized carbons (Fsp3) is 0.850. The minimum atomic E-state index is -0.863. The monoisotopic (exact) mass is 381 g/mol. The van der Waals surface area contributed by atoms with Crippen molar-refractivity contribution < 1.29 is 19.5 Å². The molecule has 3 N–H and O–H groups in total. The van der Waals surface area contributed by atoms with Crippen LogP contribution in [0.2, 0.25) is 0 Å². The summed E-state index contributed by atoms with van der Waals surface area (Å²) in [5.41, 5.74) is -0.348. The standard InChI is InChI=1S/C20H35N3O4/c1-18(2,3)14(7-16(25)26)10-22-17(27)23-15-8-19(4,5)11-20(6,9-15)12-21-13-24/h14-15H,7-12H2,1-6H3,(H,25,26)(H2,22,23,27). The van der Waals surface area contributed by atoms with E-state index >= 15 is 0 Å². The third kappa shape index (κ3) is 8.12.